The number of hydrogen-bond acceptors (Lipinski definition) is 4. The molecule has 6 heteroatoms. The number of aryl methyl sites for hydroxylation is 2. The fourth-order valence-electron chi connectivity index (χ4n) is 2.64. The molecular weight excluding hydrogens is 346 g/mol. The number of fused-ring (bicyclic) bond motifs is 1. The Bertz CT molecular complexity index is 887. The third kappa shape index (κ3) is 4.67. The molecule has 0 saturated heterocycles. The van der Waals surface area contributed by atoms with Crippen LogP contribution < -0.4 is 10.6 Å². The molecule has 0 saturated carbocycles. The van der Waals surface area contributed by atoms with Gasteiger partial charge in [0.25, 0.3) is 5.91 Å². The van der Waals surface area contributed by atoms with Crippen LogP contribution in [0, 0.1) is 6.92 Å². The number of carbonyl (C=O) groups is 2. The highest BCUT2D eigenvalue weighted by molar-refractivity contribution is 7.18. The smallest absolute Gasteiger partial charge is 0.251 e. The highest BCUT2D eigenvalue weighted by Crippen LogP contribution is 2.22. The van der Waals surface area contributed by atoms with Crippen LogP contribution in [0.4, 0.5) is 0 Å². The monoisotopic (exact) mass is 367 g/mol. The molecule has 2 aromatic carbocycles. The predicted molar refractivity (Wildman–Crippen MR) is 104 cm³/mol. The van der Waals surface area contributed by atoms with Gasteiger partial charge in [-0.05, 0) is 37.1 Å². The van der Waals surface area contributed by atoms with E-state index in [0.717, 1.165) is 28.9 Å². The van der Waals surface area contributed by atoms with Crippen molar-refractivity contribution in [3.05, 3.63) is 64.7 Å². The van der Waals surface area contributed by atoms with Crippen LogP contribution in [0.25, 0.3) is 10.2 Å². The lowest BCUT2D eigenvalue weighted by atomic mass is 10.1. The third-order valence-corrected chi connectivity index (χ3v) is 5.12. The van der Waals surface area contributed by atoms with Gasteiger partial charge in [0.05, 0.1) is 21.8 Å². The van der Waals surface area contributed by atoms with E-state index >= 15 is 0 Å². The van der Waals surface area contributed by atoms with Crippen LogP contribution in [0.3, 0.4) is 0 Å². The van der Waals surface area contributed by atoms with Crippen molar-refractivity contribution in [1.29, 1.82) is 0 Å². The Labute approximate surface area is 156 Å². The minimum absolute atomic E-state index is 0.0195. The topological polar surface area (TPSA) is 71.1 Å². The molecule has 0 atom stereocenters. The van der Waals surface area contributed by atoms with Crippen LogP contribution in [-0.4, -0.2) is 29.9 Å². The molecular formula is C20H21N3O2S. The molecule has 0 fully saturated rings. The molecule has 2 amide bonds. The molecule has 1 aromatic heterocycles. The maximum absolute atomic E-state index is 12.1. The first-order valence-electron chi connectivity index (χ1n) is 8.58. The number of aromatic nitrogens is 1. The van der Waals surface area contributed by atoms with E-state index in [1.807, 2.05) is 43.3 Å². The van der Waals surface area contributed by atoms with Gasteiger partial charge in [-0.1, -0.05) is 30.3 Å². The van der Waals surface area contributed by atoms with E-state index in [-0.39, 0.29) is 18.4 Å². The molecule has 0 bridgehead atoms. The molecule has 0 unspecified atom stereocenters. The first-order valence-corrected chi connectivity index (χ1v) is 9.40. The van der Waals surface area contributed by atoms with Gasteiger partial charge in [0.15, 0.2) is 0 Å². The van der Waals surface area contributed by atoms with Gasteiger partial charge in [-0.3, -0.25) is 9.59 Å². The fraction of sp³-hybridized carbons (Fsp3) is 0.250. The zero-order chi connectivity index (χ0) is 18.4. The summed E-state index contributed by atoms with van der Waals surface area (Å²) in [4.78, 5) is 28.5. The number of carbonyl (C=O) groups excluding carboxylic acids is 2. The van der Waals surface area contributed by atoms with Crippen molar-refractivity contribution in [1.82, 2.24) is 15.6 Å². The number of nitrogens with zero attached hydrogens (tertiary/aromatic N) is 1. The van der Waals surface area contributed by atoms with Crippen LogP contribution >= 0.6 is 11.3 Å². The van der Waals surface area contributed by atoms with Crippen molar-refractivity contribution in [3.8, 4) is 0 Å². The molecule has 134 valence electrons. The van der Waals surface area contributed by atoms with Crippen molar-refractivity contribution < 1.29 is 9.59 Å². The summed E-state index contributed by atoms with van der Waals surface area (Å²) in [5.74, 6) is -0.413. The molecule has 26 heavy (non-hydrogen) atoms. The fourth-order valence-corrected chi connectivity index (χ4v) is 3.65. The Hall–Kier alpha value is -2.73. The molecule has 5 nitrogen and oxygen atoms in total. The second-order valence-electron chi connectivity index (χ2n) is 6.03. The van der Waals surface area contributed by atoms with Crippen molar-refractivity contribution in [3.63, 3.8) is 0 Å². The third-order valence-electron chi connectivity index (χ3n) is 4.03. The maximum atomic E-state index is 12.1. The van der Waals surface area contributed by atoms with Crippen molar-refractivity contribution in [2.45, 2.75) is 19.8 Å². The minimum Gasteiger partial charge on any atom is -0.355 e. The predicted octanol–water partition coefficient (Wildman–Crippen LogP) is 3.08. The van der Waals surface area contributed by atoms with Crippen LogP contribution in [-0.2, 0) is 11.2 Å². The minimum atomic E-state index is -0.229. The Kier molecular flexibility index (Phi) is 5.96. The van der Waals surface area contributed by atoms with E-state index in [4.69, 9.17) is 0 Å². The van der Waals surface area contributed by atoms with Gasteiger partial charge in [0.1, 0.15) is 0 Å². The standard InChI is InChI=1S/C20H21N3O2S/c1-14-7-2-3-8-15(14)20(25)22-13-18(24)21-12-6-11-19-23-16-9-4-5-10-17(16)26-19/h2-5,7-10H,6,11-13H2,1H3,(H,21,24)(H,22,25). The van der Waals surface area contributed by atoms with Crippen LogP contribution in [0.15, 0.2) is 48.5 Å². The molecule has 0 spiro atoms. The Balaban J connectivity index is 1.37. The van der Waals surface area contributed by atoms with Crippen LogP contribution in [0.2, 0.25) is 0 Å². The zero-order valence-corrected chi connectivity index (χ0v) is 15.4. The largest absolute Gasteiger partial charge is 0.355 e. The van der Waals surface area contributed by atoms with E-state index in [2.05, 4.69) is 21.7 Å². The number of thiazole rings is 1. The normalized spacial score (nSPS) is 10.7. The Morgan fingerprint density at radius 3 is 2.62 bits per heavy atom. The zero-order valence-electron chi connectivity index (χ0n) is 14.6. The summed E-state index contributed by atoms with van der Waals surface area (Å²) >= 11 is 1.69. The lowest BCUT2D eigenvalue weighted by molar-refractivity contribution is -0.120. The first kappa shape index (κ1) is 18.1. The summed E-state index contributed by atoms with van der Waals surface area (Å²) in [5.41, 5.74) is 2.51. The van der Waals surface area contributed by atoms with Crippen molar-refractivity contribution in [2.24, 2.45) is 0 Å². The molecule has 0 aliphatic carbocycles. The first-order chi connectivity index (χ1) is 12.6. The molecule has 0 radical (unpaired) electrons. The van der Waals surface area contributed by atoms with Gasteiger partial charge >= 0.3 is 0 Å². The Morgan fingerprint density at radius 2 is 1.81 bits per heavy atom. The lowest BCUT2D eigenvalue weighted by Crippen LogP contribution is -2.37. The number of nitrogens with one attached hydrogen (secondary N) is 2. The molecule has 1 heterocycles. The molecule has 0 aliphatic heterocycles. The van der Waals surface area contributed by atoms with Gasteiger partial charge in [-0.25, -0.2) is 4.98 Å². The summed E-state index contributed by atoms with van der Waals surface area (Å²) < 4.78 is 1.19. The van der Waals surface area contributed by atoms with Crippen LogP contribution in [0.5, 0.6) is 0 Å². The number of hydrogen-bond donors (Lipinski definition) is 2. The molecule has 3 rings (SSSR count). The van der Waals surface area contributed by atoms with E-state index < -0.39 is 0 Å². The van der Waals surface area contributed by atoms with Gasteiger partial charge in [0, 0.05) is 18.5 Å². The van der Waals surface area contributed by atoms with E-state index in [0.29, 0.717) is 12.1 Å². The van der Waals surface area contributed by atoms with E-state index in [1.165, 1.54) is 4.70 Å². The highest BCUT2D eigenvalue weighted by atomic mass is 32.1. The molecule has 2 N–H and O–H groups in total. The summed E-state index contributed by atoms with van der Waals surface area (Å²) in [5, 5.41) is 6.56. The van der Waals surface area contributed by atoms with Gasteiger partial charge in [-0.15, -0.1) is 11.3 Å². The number of rotatable bonds is 7. The van der Waals surface area contributed by atoms with Crippen molar-refractivity contribution >= 4 is 33.4 Å². The lowest BCUT2D eigenvalue weighted by Gasteiger charge is -2.08. The average molecular weight is 367 g/mol. The SMILES string of the molecule is Cc1ccccc1C(=O)NCC(=O)NCCCc1nc2ccccc2s1. The summed E-state index contributed by atoms with van der Waals surface area (Å²) in [6.07, 6.45) is 1.65. The molecule has 3 aromatic rings. The average Bonchev–Trinajstić information content (AvgIpc) is 3.06. The van der Waals surface area contributed by atoms with E-state index in [9.17, 15) is 9.59 Å². The van der Waals surface area contributed by atoms with Gasteiger partial charge in [0.2, 0.25) is 5.91 Å². The summed E-state index contributed by atoms with van der Waals surface area (Å²) in [6.45, 7) is 2.42. The quantitative estimate of drug-likeness (QED) is 0.631. The number of benzene rings is 2. The van der Waals surface area contributed by atoms with Gasteiger partial charge in [-0.2, -0.15) is 0 Å². The second kappa shape index (κ2) is 8.58. The summed E-state index contributed by atoms with van der Waals surface area (Å²) in [7, 11) is 0. The summed E-state index contributed by atoms with van der Waals surface area (Å²) in [6, 6.07) is 15.4. The second-order valence-corrected chi connectivity index (χ2v) is 7.14. The molecule has 0 aliphatic rings. The van der Waals surface area contributed by atoms with Gasteiger partial charge < -0.3 is 10.6 Å². The highest BCUT2D eigenvalue weighted by Gasteiger charge is 2.10. The van der Waals surface area contributed by atoms with Crippen LogP contribution in [0.1, 0.15) is 27.3 Å². The number of para-hydroxylation sites is 1. The Morgan fingerprint density at radius 1 is 1.04 bits per heavy atom. The number of amides is 2. The van der Waals surface area contributed by atoms with E-state index in [1.54, 1.807) is 17.4 Å². The van der Waals surface area contributed by atoms with Crippen molar-refractivity contribution in [2.75, 3.05) is 13.1 Å². The maximum Gasteiger partial charge on any atom is 0.251 e.